The van der Waals surface area contributed by atoms with Gasteiger partial charge in [-0.3, -0.25) is 0 Å². The van der Waals surface area contributed by atoms with E-state index in [-0.39, 0.29) is 11.6 Å². The predicted octanol–water partition coefficient (Wildman–Crippen LogP) is 3.09. The van der Waals surface area contributed by atoms with Gasteiger partial charge in [-0.2, -0.15) is 0 Å². The van der Waals surface area contributed by atoms with Gasteiger partial charge in [-0.15, -0.1) is 0 Å². The third kappa shape index (κ3) is 2.78. The smallest absolute Gasteiger partial charge is 0.165 e. The van der Waals surface area contributed by atoms with Gasteiger partial charge in [-0.1, -0.05) is 6.07 Å². The lowest BCUT2D eigenvalue weighted by Gasteiger charge is -2.10. The molecule has 0 spiro atoms. The number of hydrogen-bond acceptors (Lipinski definition) is 3. The molecule has 114 valence electrons. The minimum Gasteiger partial charge on any atom is -0.494 e. The van der Waals surface area contributed by atoms with Crippen LogP contribution in [0.2, 0.25) is 0 Å². The lowest BCUT2D eigenvalue weighted by Crippen LogP contribution is -2.15. The Balaban J connectivity index is 1.83. The number of halogens is 2. The molecule has 3 rings (SSSR count). The molecule has 0 saturated carbocycles. The second-order valence-electron chi connectivity index (χ2n) is 5.06. The van der Waals surface area contributed by atoms with Crippen LogP contribution in [-0.2, 0) is 6.42 Å². The topological polar surface area (TPSA) is 63.9 Å². The van der Waals surface area contributed by atoms with E-state index in [1.165, 1.54) is 25.3 Å². The molecule has 4 nitrogen and oxygen atoms in total. The van der Waals surface area contributed by atoms with Crippen molar-refractivity contribution in [2.24, 2.45) is 5.73 Å². The standard InChI is InChI=1S/C16H15F2N3O/c1-22-15-5-2-9(6-11(15)18)7-12(19)16-20-13-4-3-10(17)8-14(13)21-16/h2-6,8,12H,7,19H2,1H3,(H,20,21). The number of hydrogen-bond donors (Lipinski definition) is 2. The SMILES string of the molecule is COc1ccc(CC(N)c2nc3cc(F)ccc3[nH]2)cc1F. The highest BCUT2D eigenvalue weighted by Crippen LogP contribution is 2.22. The Hall–Kier alpha value is -2.47. The third-order valence-electron chi connectivity index (χ3n) is 3.49. The van der Waals surface area contributed by atoms with E-state index in [1.807, 2.05) is 0 Å². The Morgan fingerprint density at radius 3 is 2.77 bits per heavy atom. The fraction of sp³-hybridized carbons (Fsp3) is 0.188. The van der Waals surface area contributed by atoms with Crippen molar-refractivity contribution in [1.29, 1.82) is 0 Å². The van der Waals surface area contributed by atoms with Gasteiger partial charge in [0.25, 0.3) is 0 Å². The van der Waals surface area contributed by atoms with Crippen LogP contribution in [0, 0.1) is 11.6 Å². The van der Waals surface area contributed by atoms with Crippen LogP contribution in [0.4, 0.5) is 8.78 Å². The van der Waals surface area contributed by atoms with E-state index in [0.717, 1.165) is 5.56 Å². The number of nitrogens with one attached hydrogen (secondary N) is 1. The molecule has 3 N–H and O–H groups in total. The van der Waals surface area contributed by atoms with Crippen LogP contribution in [-0.4, -0.2) is 17.1 Å². The number of ether oxygens (including phenoxy) is 1. The first-order valence-electron chi connectivity index (χ1n) is 6.80. The Kier molecular flexibility index (Phi) is 3.77. The summed E-state index contributed by atoms with van der Waals surface area (Å²) in [7, 11) is 1.41. The molecule has 0 fully saturated rings. The maximum atomic E-state index is 13.7. The molecule has 6 heteroatoms. The molecular formula is C16H15F2N3O. The van der Waals surface area contributed by atoms with Crippen LogP contribution in [0.3, 0.4) is 0 Å². The van der Waals surface area contributed by atoms with Crippen molar-refractivity contribution in [3.8, 4) is 5.75 Å². The number of fused-ring (bicyclic) bond motifs is 1. The number of rotatable bonds is 4. The predicted molar refractivity (Wildman–Crippen MR) is 79.6 cm³/mol. The highest BCUT2D eigenvalue weighted by molar-refractivity contribution is 5.75. The summed E-state index contributed by atoms with van der Waals surface area (Å²) in [6.45, 7) is 0. The van der Waals surface area contributed by atoms with Gasteiger partial charge in [0.1, 0.15) is 11.6 Å². The lowest BCUT2D eigenvalue weighted by atomic mass is 10.1. The Morgan fingerprint density at radius 1 is 1.23 bits per heavy atom. The molecule has 0 aliphatic heterocycles. The molecule has 1 unspecified atom stereocenters. The number of imidazole rings is 1. The van der Waals surface area contributed by atoms with Gasteiger partial charge < -0.3 is 15.5 Å². The average Bonchev–Trinajstić information content (AvgIpc) is 2.90. The van der Waals surface area contributed by atoms with Crippen LogP contribution >= 0.6 is 0 Å². The molecule has 0 amide bonds. The maximum absolute atomic E-state index is 13.7. The number of methoxy groups -OCH3 is 1. The largest absolute Gasteiger partial charge is 0.494 e. The zero-order chi connectivity index (χ0) is 15.7. The summed E-state index contributed by atoms with van der Waals surface area (Å²) in [6.07, 6.45) is 0.406. The highest BCUT2D eigenvalue weighted by Gasteiger charge is 2.14. The molecule has 0 saturated heterocycles. The minimum absolute atomic E-state index is 0.191. The lowest BCUT2D eigenvalue weighted by molar-refractivity contribution is 0.386. The number of nitrogens with two attached hydrogens (primary N) is 1. The van der Waals surface area contributed by atoms with Gasteiger partial charge in [0.05, 0.1) is 24.2 Å². The van der Waals surface area contributed by atoms with Gasteiger partial charge in [0.15, 0.2) is 11.6 Å². The molecule has 0 bridgehead atoms. The number of benzene rings is 2. The Morgan fingerprint density at radius 2 is 2.05 bits per heavy atom. The first kappa shape index (κ1) is 14.5. The monoisotopic (exact) mass is 303 g/mol. The third-order valence-corrected chi connectivity index (χ3v) is 3.49. The van der Waals surface area contributed by atoms with E-state index in [1.54, 1.807) is 18.2 Å². The van der Waals surface area contributed by atoms with E-state index in [2.05, 4.69) is 9.97 Å². The van der Waals surface area contributed by atoms with Gasteiger partial charge in [0, 0.05) is 6.07 Å². The number of aromatic nitrogens is 2. The molecule has 1 atom stereocenters. The van der Waals surface area contributed by atoms with E-state index in [9.17, 15) is 8.78 Å². The number of aromatic amines is 1. The van der Waals surface area contributed by atoms with E-state index >= 15 is 0 Å². The van der Waals surface area contributed by atoms with Crippen LogP contribution in [0.25, 0.3) is 11.0 Å². The second kappa shape index (κ2) is 5.73. The van der Waals surface area contributed by atoms with Crippen LogP contribution in [0.5, 0.6) is 5.75 Å². The summed E-state index contributed by atoms with van der Waals surface area (Å²) >= 11 is 0. The molecule has 1 heterocycles. The molecule has 0 aliphatic rings. The summed E-state index contributed by atoms with van der Waals surface area (Å²) in [6, 6.07) is 8.57. The molecule has 1 aromatic heterocycles. The summed E-state index contributed by atoms with van der Waals surface area (Å²) < 4.78 is 31.7. The van der Waals surface area contributed by atoms with Crippen molar-refractivity contribution < 1.29 is 13.5 Å². The van der Waals surface area contributed by atoms with Crippen molar-refractivity contribution in [3.63, 3.8) is 0 Å². The van der Waals surface area contributed by atoms with Crippen LogP contribution in [0.15, 0.2) is 36.4 Å². The first-order chi connectivity index (χ1) is 10.6. The maximum Gasteiger partial charge on any atom is 0.165 e. The zero-order valence-corrected chi connectivity index (χ0v) is 11.9. The summed E-state index contributed by atoms with van der Waals surface area (Å²) in [5.74, 6) is -0.0522. The molecule has 22 heavy (non-hydrogen) atoms. The molecule has 2 aromatic carbocycles. The Bertz CT molecular complexity index is 816. The normalized spacial score (nSPS) is 12.5. The molecule has 0 radical (unpaired) electrons. The van der Waals surface area contributed by atoms with E-state index in [4.69, 9.17) is 10.5 Å². The number of H-pyrrole nitrogens is 1. The van der Waals surface area contributed by atoms with Crippen molar-refractivity contribution in [3.05, 3.63) is 59.4 Å². The molecular weight excluding hydrogens is 288 g/mol. The number of nitrogens with zero attached hydrogens (tertiary/aromatic N) is 1. The van der Waals surface area contributed by atoms with Gasteiger partial charge >= 0.3 is 0 Å². The van der Waals surface area contributed by atoms with Gasteiger partial charge in [-0.05, 0) is 36.2 Å². The fourth-order valence-electron chi connectivity index (χ4n) is 2.36. The van der Waals surface area contributed by atoms with Gasteiger partial charge in [-0.25, -0.2) is 13.8 Å². The average molecular weight is 303 g/mol. The second-order valence-corrected chi connectivity index (χ2v) is 5.06. The molecule has 3 aromatic rings. The minimum atomic E-state index is -0.441. The van der Waals surface area contributed by atoms with Crippen molar-refractivity contribution in [2.45, 2.75) is 12.5 Å². The first-order valence-corrected chi connectivity index (χ1v) is 6.80. The van der Waals surface area contributed by atoms with Crippen molar-refractivity contribution in [2.75, 3.05) is 7.11 Å². The van der Waals surface area contributed by atoms with E-state index < -0.39 is 11.9 Å². The van der Waals surface area contributed by atoms with Crippen molar-refractivity contribution in [1.82, 2.24) is 9.97 Å². The van der Waals surface area contributed by atoms with Gasteiger partial charge in [0.2, 0.25) is 0 Å². The summed E-state index contributed by atoms with van der Waals surface area (Å²) in [4.78, 5) is 7.35. The van der Waals surface area contributed by atoms with Crippen molar-refractivity contribution >= 4 is 11.0 Å². The fourth-order valence-corrected chi connectivity index (χ4v) is 2.36. The quantitative estimate of drug-likeness (QED) is 0.778. The molecule has 0 aliphatic carbocycles. The zero-order valence-electron chi connectivity index (χ0n) is 11.9. The van der Waals surface area contributed by atoms with E-state index in [0.29, 0.717) is 23.3 Å². The summed E-state index contributed by atoms with van der Waals surface area (Å²) in [5.41, 5.74) is 8.08. The van der Waals surface area contributed by atoms with Crippen LogP contribution < -0.4 is 10.5 Å². The highest BCUT2D eigenvalue weighted by atomic mass is 19.1. The Labute approximate surface area is 125 Å². The summed E-state index contributed by atoms with van der Waals surface area (Å²) in [5, 5.41) is 0. The van der Waals surface area contributed by atoms with Crippen LogP contribution in [0.1, 0.15) is 17.4 Å².